The fourth-order valence-electron chi connectivity index (χ4n) is 3.29. The molecule has 3 rings (SSSR count). The standard InChI is InChI=1S/C22H23N3O4S2/c1-13-3-8-17-18(10-23)22(31-19(17)9-13)25-20(27)11-29-21(28)12-30-16-6-4-15(5-7-16)24-14(2)26/h4-7,13H,3,8-9,11-12H2,1-2H3,(H,24,26)(H,25,27). The number of carbonyl (C=O) groups is 3. The average molecular weight is 458 g/mol. The minimum absolute atomic E-state index is 0.0569. The van der Waals surface area contributed by atoms with Gasteiger partial charge in [0.1, 0.15) is 11.1 Å². The number of anilines is 2. The van der Waals surface area contributed by atoms with Crippen LogP contribution in [0.5, 0.6) is 0 Å². The van der Waals surface area contributed by atoms with Gasteiger partial charge in [-0.2, -0.15) is 5.26 Å². The molecule has 0 saturated carbocycles. The molecule has 0 saturated heterocycles. The Hall–Kier alpha value is -2.83. The van der Waals surface area contributed by atoms with Crippen LogP contribution in [0.25, 0.3) is 0 Å². The molecule has 31 heavy (non-hydrogen) atoms. The highest BCUT2D eigenvalue weighted by molar-refractivity contribution is 8.00. The van der Waals surface area contributed by atoms with E-state index in [4.69, 9.17) is 4.74 Å². The molecule has 0 fully saturated rings. The molecular formula is C22H23N3O4S2. The first-order valence-corrected chi connectivity index (χ1v) is 11.7. The molecule has 1 aromatic carbocycles. The van der Waals surface area contributed by atoms with Crippen LogP contribution >= 0.6 is 23.1 Å². The van der Waals surface area contributed by atoms with Crippen LogP contribution in [0.3, 0.4) is 0 Å². The molecule has 1 aromatic heterocycles. The highest BCUT2D eigenvalue weighted by Gasteiger charge is 2.24. The number of carbonyl (C=O) groups excluding carboxylic acids is 3. The van der Waals surface area contributed by atoms with Crippen molar-refractivity contribution < 1.29 is 19.1 Å². The van der Waals surface area contributed by atoms with Gasteiger partial charge in [-0.15, -0.1) is 23.1 Å². The highest BCUT2D eigenvalue weighted by Crippen LogP contribution is 2.39. The van der Waals surface area contributed by atoms with Gasteiger partial charge in [-0.3, -0.25) is 14.4 Å². The van der Waals surface area contributed by atoms with Crippen LogP contribution in [0, 0.1) is 17.2 Å². The van der Waals surface area contributed by atoms with Crippen LogP contribution in [-0.2, 0) is 32.0 Å². The Bertz CT molecular complexity index is 1020. The lowest BCUT2D eigenvalue weighted by Gasteiger charge is -2.17. The van der Waals surface area contributed by atoms with Crippen molar-refractivity contribution in [1.82, 2.24) is 0 Å². The zero-order valence-electron chi connectivity index (χ0n) is 17.3. The summed E-state index contributed by atoms with van der Waals surface area (Å²) in [5.41, 5.74) is 2.25. The Morgan fingerprint density at radius 3 is 2.68 bits per heavy atom. The number of hydrogen-bond donors (Lipinski definition) is 2. The minimum Gasteiger partial charge on any atom is -0.455 e. The third-order valence-electron chi connectivity index (χ3n) is 4.77. The maximum Gasteiger partial charge on any atom is 0.316 e. The number of fused-ring (bicyclic) bond motifs is 1. The topological polar surface area (TPSA) is 108 Å². The molecule has 1 aliphatic carbocycles. The van der Waals surface area contributed by atoms with Crippen molar-refractivity contribution in [2.24, 2.45) is 5.92 Å². The molecule has 162 valence electrons. The summed E-state index contributed by atoms with van der Waals surface area (Å²) in [5.74, 6) is -0.490. The molecule has 1 unspecified atom stereocenters. The van der Waals surface area contributed by atoms with E-state index in [-0.39, 0.29) is 11.7 Å². The number of esters is 1. The second kappa shape index (κ2) is 10.5. The van der Waals surface area contributed by atoms with Gasteiger partial charge in [0.15, 0.2) is 6.61 Å². The predicted octanol–water partition coefficient (Wildman–Crippen LogP) is 3.98. The van der Waals surface area contributed by atoms with Crippen molar-refractivity contribution in [1.29, 1.82) is 5.26 Å². The van der Waals surface area contributed by atoms with Gasteiger partial charge < -0.3 is 15.4 Å². The van der Waals surface area contributed by atoms with Crippen LogP contribution in [0.1, 0.15) is 36.3 Å². The van der Waals surface area contributed by atoms with Gasteiger partial charge in [-0.25, -0.2) is 0 Å². The van der Waals surface area contributed by atoms with E-state index in [1.54, 1.807) is 24.3 Å². The number of hydrogen-bond acceptors (Lipinski definition) is 7. The lowest BCUT2D eigenvalue weighted by molar-refractivity contribution is -0.144. The minimum atomic E-state index is -0.508. The van der Waals surface area contributed by atoms with E-state index in [1.165, 1.54) is 30.0 Å². The van der Waals surface area contributed by atoms with Crippen molar-refractivity contribution in [2.45, 2.75) is 38.0 Å². The Balaban J connectivity index is 1.46. The van der Waals surface area contributed by atoms with Gasteiger partial charge in [0, 0.05) is 22.4 Å². The molecule has 1 aliphatic rings. The maximum atomic E-state index is 12.2. The van der Waals surface area contributed by atoms with E-state index in [1.807, 2.05) is 0 Å². The van der Waals surface area contributed by atoms with Crippen molar-refractivity contribution in [3.63, 3.8) is 0 Å². The number of nitriles is 1. The molecule has 1 atom stereocenters. The van der Waals surface area contributed by atoms with Crippen LogP contribution in [-0.4, -0.2) is 30.1 Å². The first-order chi connectivity index (χ1) is 14.9. The molecule has 7 nitrogen and oxygen atoms in total. The molecule has 0 radical (unpaired) electrons. The monoisotopic (exact) mass is 457 g/mol. The molecule has 2 aromatic rings. The molecule has 2 amide bonds. The first kappa shape index (κ1) is 22.8. The molecule has 0 spiro atoms. The van der Waals surface area contributed by atoms with E-state index < -0.39 is 18.5 Å². The van der Waals surface area contributed by atoms with Crippen molar-refractivity contribution >= 4 is 51.6 Å². The number of nitrogens with one attached hydrogen (secondary N) is 2. The van der Waals surface area contributed by atoms with Gasteiger partial charge in [0.2, 0.25) is 5.91 Å². The summed E-state index contributed by atoms with van der Waals surface area (Å²) >= 11 is 2.72. The smallest absolute Gasteiger partial charge is 0.316 e. The molecule has 0 bridgehead atoms. The predicted molar refractivity (Wildman–Crippen MR) is 121 cm³/mol. The van der Waals surface area contributed by atoms with Gasteiger partial charge in [-0.05, 0) is 55.0 Å². The normalized spacial score (nSPS) is 14.8. The summed E-state index contributed by atoms with van der Waals surface area (Å²) in [6, 6.07) is 9.28. The number of thioether (sulfide) groups is 1. The van der Waals surface area contributed by atoms with Crippen LogP contribution in [0.15, 0.2) is 29.2 Å². The Morgan fingerprint density at radius 1 is 1.26 bits per heavy atom. The van der Waals surface area contributed by atoms with E-state index in [9.17, 15) is 19.6 Å². The van der Waals surface area contributed by atoms with E-state index in [0.717, 1.165) is 34.6 Å². The number of thiophene rings is 1. The zero-order chi connectivity index (χ0) is 22.4. The summed E-state index contributed by atoms with van der Waals surface area (Å²) < 4.78 is 5.06. The number of nitrogens with zero attached hydrogens (tertiary/aromatic N) is 1. The average Bonchev–Trinajstić information content (AvgIpc) is 3.07. The molecule has 9 heteroatoms. The number of benzene rings is 1. The molecular weight excluding hydrogens is 434 g/mol. The van der Waals surface area contributed by atoms with E-state index in [2.05, 4.69) is 23.6 Å². The first-order valence-electron chi connectivity index (χ1n) is 9.86. The summed E-state index contributed by atoms with van der Waals surface area (Å²) in [6.45, 7) is 3.22. The van der Waals surface area contributed by atoms with Gasteiger partial charge in [0.05, 0.1) is 11.3 Å². The molecule has 0 aliphatic heterocycles. The quantitative estimate of drug-likeness (QED) is 0.481. The number of rotatable bonds is 7. The fourth-order valence-corrected chi connectivity index (χ4v) is 5.36. The molecule has 2 N–H and O–H groups in total. The summed E-state index contributed by atoms with van der Waals surface area (Å²) in [7, 11) is 0. The third kappa shape index (κ3) is 6.32. The third-order valence-corrected chi connectivity index (χ3v) is 6.93. The Labute approximate surface area is 189 Å². The van der Waals surface area contributed by atoms with Crippen LogP contribution < -0.4 is 10.6 Å². The Kier molecular flexibility index (Phi) is 7.71. The second-order valence-corrected chi connectivity index (χ2v) is 9.52. The number of amides is 2. The Morgan fingerprint density at radius 2 is 2.00 bits per heavy atom. The fraction of sp³-hybridized carbons (Fsp3) is 0.364. The SMILES string of the molecule is CC(=O)Nc1ccc(SCC(=O)OCC(=O)Nc2sc3c(c2C#N)CCC(C)C3)cc1. The second-order valence-electron chi connectivity index (χ2n) is 7.37. The van der Waals surface area contributed by atoms with Crippen molar-refractivity contribution in [2.75, 3.05) is 23.0 Å². The number of ether oxygens (including phenoxy) is 1. The van der Waals surface area contributed by atoms with Crippen LogP contribution in [0.4, 0.5) is 10.7 Å². The van der Waals surface area contributed by atoms with Crippen molar-refractivity contribution in [3.05, 3.63) is 40.3 Å². The molecule has 1 heterocycles. The van der Waals surface area contributed by atoms with E-state index in [0.29, 0.717) is 22.2 Å². The van der Waals surface area contributed by atoms with Crippen LogP contribution in [0.2, 0.25) is 0 Å². The summed E-state index contributed by atoms with van der Waals surface area (Å²) in [6.07, 6.45) is 2.81. The van der Waals surface area contributed by atoms with E-state index >= 15 is 0 Å². The largest absolute Gasteiger partial charge is 0.455 e. The van der Waals surface area contributed by atoms with Gasteiger partial charge >= 0.3 is 5.97 Å². The zero-order valence-corrected chi connectivity index (χ0v) is 19.0. The summed E-state index contributed by atoms with van der Waals surface area (Å²) in [4.78, 5) is 37.2. The van der Waals surface area contributed by atoms with Gasteiger partial charge in [-0.1, -0.05) is 6.92 Å². The summed E-state index contributed by atoms with van der Waals surface area (Å²) in [5, 5.41) is 15.4. The maximum absolute atomic E-state index is 12.2. The van der Waals surface area contributed by atoms with Gasteiger partial charge in [0.25, 0.3) is 5.91 Å². The highest BCUT2D eigenvalue weighted by atomic mass is 32.2. The van der Waals surface area contributed by atoms with Crippen molar-refractivity contribution in [3.8, 4) is 6.07 Å². The lowest BCUT2D eigenvalue weighted by Crippen LogP contribution is -2.21. The lowest BCUT2D eigenvalue weighted by atomic mass is 9.89.